The van der Waals surface area contributed by atoms with Crippen molar-refractivity contribution in [2.24, 2.45) is 5.92 Å². The van der Waals surface area contributed by atoms with E-state index >= 15 is 0 Å². The Bertz CT molecular complexity index is 2760. The molecule has 1 atom stereocenters. The highest BCUT2D eigenvalue weighted by Gasteiger charge is 2.14. The number of aryl methyl sites for hydroxylation is 2. The van der Waals surface area contributed by atoms with Gasteiger partial charge in [-0.2, -0.15) is 0 Å². The number of rotatable bonds is 8. The Hall–Kier alpha value is -7.74. The molecule has 312 valence electrons. The van der Waals surface area contributed by atoms with Gasteiger partial charge in [-0.25, -0.2) is 0 Å². The average molecular weight is 826 g/mol. The van der Waals surface area contributed by atoms with E-state index in [9.17, 15) is 0 Å². The Kier molecular flexibility index (Phi) is 14.3. The van der Waals surface area contributed by atoms with E-state index in [1.54, 1.807) is 0 Å². The largest absolute Gasteiger partial charge is 0.311 e. The van der Waals surface area contributed by atoms with E-state index in [0.717, 1.165) is 23.5 Å². The smallest absolute Gasteiger partial charge is 0.0462 e. The third kappa shape index (κ3) is 11.4. The summed E-state index contributed by atoms with van der Waals surface area (Å²) in [5.74, 6) is 0.622. The molecule has 1 unspecified atom stereocenters. The Morgan fingerprint density at radius 2 is 0.594 bits per heavy atom. The molecular formula is C63H55N. The lowest BCUT2D eigenvalue weighted by Crippen LogP contribution is -2.09. The fourth-order valence-electron chi connectivity index (χ4n) is 7.81. The molecule has 0 radical (unpaired) electrons. The van der Waals surface area contributed by atoms with Gasteiger partial charge < -0.3 is 4.90 Å². The highest BCUT2D eigenvalue weighted by molar-refractivity contribution is 5.81. The van der Waals surface area contributed by atoms with E-state index in [4.69, 9.17) is 0 Å². The van der Waals surface area contributed by atoms with E-state index < -0.39 is 0 Å². The zero-order chi connectivity index (χ0) is 43.9. The van der Waals surface area contributed by atoms with Crippen LogP contribution < -0.4 is 4.90 Å². The highest BCUT2D eigenvalue weighted by Crippen LogP contribution is 2.37. The molecule has 0 fully saturated rings. The van der Waals surface area contributed by atoms with E-state index in [1.165, 1.54) is 66.8 Å². The average Bonchev–Trinajstić information content (AvgIpc) is 3.37. The summed E-state index contributed by atoms with van der Waals surface area (Å²) >= 11 is 0. The summed E-state index contributed by atoms with van der Waals surface area (Å²) in [4.78, 5) is 2.32. The second kappa shape index (κ2) is 21.4. The minimum absolute atomic E-state index is 0.622. The van der Waals surface area contributed by atoms with Crippen LogP contribution >= 0.6 is 0 Å². The van der Waals surface area contributed by atoms with Gasteiger partial charge in [0.05, 0.1) is 0 Å². The maximum atomic E-state index is 2.35. The number of anilines is 3. The van der Waals surface area contributed by atoms with Gasteiger partial charge in [-0.3, -0.25) is 0 Å². The SMILES string of the molecule is CC1C=CC(c2ccc(N(c3ccccc3)c3ccc(-c4ccc(-c5ccccc5)cc4)cc3)cc2)=CC1.Cc1ccc(-c2ccccc2)cc1.Cc1ccc(-c2ccccc2)cc1. The molecule has 0 saturated heterocycles. The fourth-order valence-corrected chi connectivity index (χ4v) is 7.81. The van der Waals surface area contributed by atoms with Gasteiger partial charge in [0, 0.05) is 17.1 Å². The van der Waals surface area contributed by atoms with Crippen molar-refractivity contribution in [3.63, 3.8) is 0 Å². The zero-order valence-electron chi connectivity index (χ0n) is 37.1. The van der Waals surface area contributed by atoms with Gasteiger partial charge in [0.15, 0.2) is 0 Å². The zero-order valence-corrected chi connectivity index (χ0v) is 37.1. The first kappa shape index (κ1) is 42.9. The first-order chi connectivity index (χ1) is 31.5. The van der Waals surface area contributed by atoms with Gasteiger partial charge in [0.25, 0.3) is 0 Å². The van der Waals surface area contributed by atoms with Crippen LogP contribution in [0.5, 0.6) is 0 Å². The normalized spacial score (nSPS) is 12.7. The molecule has 0 heterocycles. The van der Waals surface area contributed by atoms with Crippen LogP contribution in [0.3, 0.4) is 0 Å². The summed E-state index contributed by atoms with van der Waals surface area (Å²) in [6.07, 6.45) is 8.00. The maximum Gasteiger partial charge on any atom is 0.0462 e. The second-order valence-corrected chi connectivity index (χ2v) is 16.4. The summed E-state index contributed by atoms with van der Waals surface area (Å²) < 4.78 is 0. The molecule has 1 nitrogen and oxygen atoms in total. The van der Waals surface area contributed by atoms with Crippen LogP contribution in [0.25, 0.3) is 50.1 Å². The lowest BCUT2D eigenvalue weighted by molar-refractivity contribution is 0.739. The van der Waals surface area contributed by atoms with Crippen molar-refractivity contribution in [3.05, 3.63) is 278 Å². The predicted molar refractivity (Wildman–Crippen MR) is 276 cm³/mol. The third-order valence-electron chi connectivity index (χ3n) is 11.6. The van der Waals surface area contributed by atoms with Crippen LogP contribution in [-0.2, 0) is 0 Å². The van der Waals surface area contributed by atoms with Crippen molar-refractivity contribution in [1.82, 2.24) is 0 Å². The standard InChI is InChI=1S/C37H31N.2C13H12/c1-28-12-14-30(15-13-28)33-20-24-36(25-21-33)38(35-10-6-3-7-11-35)37-26-22-34(23-27-37)32-18-16-31(17-19-32)29-8-4-2-5-9-29;2*1-11-7-9-13(10-8-11)12-5-3-2-4-6-12/h2-12,14-28H,13H2,1H3;2*2-10H,1H3. The summed E-state index contributed by atoms with van der Waals surface area (Å²) in [5.41, 5.74) is 18.6. The van der Waals surface area contributed by atoms with Crippen LogP contribution in [0.2, 0.25) is 0 Å². The van der Waals surface area contributed by atoms with E-state index in [0.29, 0.717) is 5.92 Å². The minimum atomic E-state index is 0.622. The van der Waals surface area contributed by atoms with Crippen LogP contribution in [-0.4, -0.2) is 0 Å². The van der Waals surface area contributed by atoms with Crippen molar-refractivity contribution in [1.29, 1.82) is 0 Å². The lowest BCUT2D eigenvalue weighted by Gasteiger charge is -2.26. The third-order valence-corrected chi connectivity index (χ3v) is 11.6. The fraction of sp³-hybridized carbons (Fsp3) is 0.0794. The molecule has 0 saturated carbocycles. The van der Waals surface area contributed by atoms with E-state index in [2.05, 4.69) is 274 Å². The molecule has 9 aromatic rings. The molecule has 0 amide bonds. The van der Waals surface area contributed by atoms with Gasteiger partial charge in [-0.15, -0.1) is 0 Å². The number of allylic oxidation sites excluding steroid dienone is 4. The molecule has 9 aromatic carbocycles. The number of nitrogens with zero attached hydrogens (tertiary/aromatic N) is 1. The van der Waals surface area contributed by atoms with Gasteiger partial charge in [0.1, 0.15) is 0 Å². The monoisotopic (exact) mass is 825 g/mol. The summed E-state index contributed by atoms with van der Waals surface area (Å²) in [5, 5.41) is 0. The van der Waals surface area contributed by atoms with Gasteiger partial charge in [0.2, 0.25) is 0 Å². The van der Waals surface area contributed by atoms with Crippen molar-refractivity contribution < 1.29 is 0 Å². The van der Waals surface area contributed by atoms with Gasteiger partial charge >= 0.3 is 0 Å². The van der Waals surface area contributed by atoms with Gasteiger partial charge in [-0.05, 0) is 118 Å². The highest BCUT2D eigenvalue weighted by atomic mass is 15.1. The molecule has 1 aliphatic carbocycles. The quantitative estimate of drug-likeness (QED) is 0.148. The van der Waals surface area contributed by atoms with Crippen molar-refractivity contribution in [3.8, 4) is 44.5 Å². The Labute approximate surface area is 381 Å². The molecule has 1 aliphatic rings. The number of benzene rings is 9. The van der Waals surface area contributed by atoms with Crippen molar-refractivity contribution >= 4 is 22.6 Å². The number of para-hydroxylation sites is 1. The van der Waals surface area contributed by atoms with E-state index in [1.807, 2.05) is 12.1 Å². The van der Waals surface area contributed by atoms with E-state index in [-0.39, 0.29) is 0 Å². The lowest BCUT2D eigenvalue weighted by atomic mass is 9.94. The molecule has 10 rings (SSSR count). The topological polar surface area (TPSA) is 3.24 Å². The Morgan fingerprint density at radius 1 is 0.312 bits per heavy atom. The Balaban J connectivity index is 0.000000174. The first-order valence-corrected chi connectivity index (χ1v) is 22.3. The molecule has 0 aromatic heterocycles. The van der Waals surface area contributed by atoms with Crippen LogP contribution in [0.15, 0.2) is 261 Å². The predicted octanol–water partition coefficient (Wildman–Crippen LogP) is 17.8. The molecule has 0 aliphatic heterocycles. The summed E-state index contributed by atoms with van der Waals surface area (Å²) in [6, 6.07) is 85.8. The number of hydrogen-bond acceptors (Lipinski definition) is 1. The first-order valence-electron chi connectivity index (χ1n) is 22.3. The number of hydrogen-bond donors (Lipinski definition) is 0. The molecule has 0 N–H and O–H groups in total. The van der Waals surface area contributed by atoms with Crippen LogP contribution in [0.4, 0.5) is 17.1 Å². The molecular weight excluding hydrogens is 771 g/mol. The minimum Gasteiger partial charge on any atom is -0.311 e. The van der Waals surface area contributed by atoms with Crippen molar-refractivity contribution in [2.75, 3.05) is 4.90 Å². The second-order valence-electron chi connectivity index (χ2n) is 16.4. The molecule has 64 heavy (non-hydrogen) atoms. The Morgan fingerprint density at radius 3 is 0.938 bits per heavy atom. The van der Waals surface area contributed by atoms with Crippen LogP contribution in [0.1, 0.15) is 30.0 Å². The molecule has 0 bridgehead atoms. The molecule has 0 spiro atoms. The maximum absolute atomic E-state index is 2.35. The van der Waals surface area contributed by atoms with Crippen LogP contribution in [0, 0.1) is 19.8 Å². The summed E-state index contributed by atoms with van der Waals surface area (Å²) in [6.45, 7) is 6.47. The van der Waals surface area contributed by atoms with Crippen molar-refractivity contribution in [2.45, 2.75) is 27.2 Å². The summed E-state index contributed by atoms with van der Waals surface area (Å²) in [7, 11) is 0. The van der Waals surface area contributed by atoms with Gasteiger partial charge in [-0.1, -0.05) is 243 Å². The molecule has 1 heteroatoms.